The van der Waals surface area contributed by atoms with Crippen molar-refractivity contribution in [3.05, 3.63) is 35.9 Å². The van der Waals surface area contributed by atoms with Gasteiger partial charge in [0.15, 0.2) is 0 Å². The highest BCUT2D eigenvalue weighted by Gasteiger charge is 2.49. The normalized spacial score (nSPS) is 22.5. The maximum Gasteiger partial charge on any atom is 0.368 e. The first kappa shape index (κ1) is 13.3. The van der Waals surface area contributed by atoms with Crippen LogP contribution in [0, 0.1) is 0 Å². The van der Waals surface area contributed by atoms with Gasteiger partial charge in [0.05, 0.1) is 6.34 Å². The second-order valence-electron chi connectivity index (χ2n) is 4.61. The van der Waals surface area contributed by atoms with Crippen LogP contribution in [0.2, 0.25) is 0 Å². The SMILES string of the molecule is CCC1(N=CN(C)C)C(=O)ON=C1c1ccccc1. The zero-order chi connectivity index (χ0) is 13.9. The molecule has 1 aliphatic rings. The van der Waals surface area contributed by atoms with Crippen LogP contribution in [0.4, 0.5) is 0 Å². The third kappa shape index (κ3) is 2.36. The number of aliphatic imine (C=N–C) groups is 1. The summed E-state index contributed by atoms with van der Waals surface area (Å²) in [7, 11) is 3.71. The summed E-state index contributed by atoms with van der Waals surface area (Å²) in [4.78, 5) is 23.1. The van der Waals surface area contributed by atoms with Crippen molar-refractivity contribution in [2.75, 3.05) is 14.1 Å². The minimum Gasteiger partial charge on any atom is -0.369 e. The molecule has 0 spiro atoms. The maximum absolute atomic E-state index is 12.1. The zero-order valence-corrected chi connectivity index (χ0v) is 11.3. The summed E-state index contributed by atoms with van der Waals surface area (Å²) in [6.45, 7) is 1.90. The van der Waals surface area contributed by atoms with Crippen molar-refractivity contribution < 1.29 is 9.63 Å². The van der Waals surface area contributed by atoms with E-state index in [0.29, 0.717) is 12.1 Å². The Hall–Kier alpha value is -2.17. The zero-order valence-electron chi connectivity index (χ0n) is 11.3. The molecule has 5 nitrogen and oxygen atoms in total. The van der Waals surface area contributed by atoms with Crippen molar-refractivity contribution in [1.29, 1.82) is 0 Å². The molecule has 0 radical (unpaired) electrons. The summed E-state index contributed by atoms with van der Waals surface area (Å²) in [6, 6.07) is 9.51. The summed E-state index contributed by atoms with van der Waals surface area (Å²) >= 11 is 0. The second kappa shape index (κ2) is 5.22. The van der Waals surface area contributed by atoms with Gasteiger partial charge in [-0.05, 0) is 6.42 Å². The lowest BCUT2D eigenvalue weighted by Gasteiger charge is -2.20. The predicted molar refractivity (Wildman–Crippen MR) is 74.3 cm³/mol. The average molecular weight is 259 g/mol. The Bertz CT molecular complexity index is 523. The fourth-order valence-corrected chi connectivity index (χ4v) is 1.95. The van der Waals surface area contributed by atoms with Crippen LogP contribution >= 0.6 is 0 Å². The second-order valence-corrected chi connectivity index (χ2v) is 4.61. The lowest BCUT2D eigenvalue weighted by atomic mass is 9.87. The van der Waals surface area contributed by atoms with E-state index in [9.17, 15) is 4.79 Å². The van der Waals surface area contributed by atoms with E-state index < -0.39 is 11.5 Å². The molecule has 1 heterocycles. The van der Waals surface area contributed by atoms with Crippen LogP contribution in [0.25, 0.3) is 0 Å². The van der Waals surface area contributed by atoms with Crippen LogP contribution in [0.3, 0.4) is 0 Å². The Kier molecular flexibility index (Phi) is 3.64. The Balaban J connectivity index is 2.45. The van der Waals surface area contributed by atoms with Gasteiger partial charge in [-0.2, -0.15) is 0 Å². The molecule has 0 bridgehead atoms. The van der Waals surface area contributed by atoms with Gasteiger partial charge in [-0.15, -0.1) is 0 Å². The van der Waals surface area contributed by atoms with Crippen LogP contribution in [0.15, 0.2) is 40.5 Å². The Morgan fingerprint density at radius 1 is 1.37 bits per heavy atom. The summed E-state index contributed by atoms with van der Waals surface area (Å²) in [5.41, 5.74) is 0.385. The van der Waals surface area contributed by atoms with Gasteiger partial charge in [-0.25, -0.2) is 4.79 Å². The highest BCUT2D eigenvalue weighted by molar-refractivity contribution is 6.22. The molecule has 0 aliphatic carbocycles. The van der Waals surface area contributed by atoms with Crippen LogP contribution in [0.1, 0.15) is 18.9 Å². The average Bonchev–Trinajstić information content (AvgIpc) is 2.75. The fraction of sp³-hybridized carbons (Fsp3) is 0.357. The highest BCUT2D eigenvalue weighted by atomic mass is 16.7. The molecule has 5 heteroatoms. The van der Waals surface area contributed by atoms with Crippen LogP contribution < -0.4 is 0 Å². The van der Waals surface area contributed by atoms with Gasteiger partial charge in [0.2, 0.25) is 5.54 Å². The molecule has 1 unspecified atom stereocenters. The van der Waals surface area contributed by atoms with Gasteiger partial charge in [-0.1, -0.05) is 42.4 Å². The number of carbonyl (C=O) groups is 1. The molecule has 19 heavy (non-hydrogen) atoms. The fourth-order valence-electron chi connectivity index (χ4n) is 1.95. The third-order valence-corrected chi connectivity index (χ3v) is 3.02. The molecule has 100 valence electrons. The minimum atomic E-state index is -1.04. The van der Waals surface area contributed by atoms with Gasteiger partial charge in [0.1, 0.15) is 5.71 Å². The Labute approximate surface area is 112 Å². The van der Waals surface area contributed by atoms with Crippen molar-refractivity contribution in [2.24, 2.45) is 10.1 Å². The molecule has 0 fully saturated rings. The van der Waals surface area contributed by atoms with Crippen LogP contribution in [0.5, 0.6) is 0 Å². The van der Waals surface area contributed by atoms with Gasteiger partial charge in [0, 0.05) is 19.7 Å². The van der Waals surface area contributed by atoms with Gasteiger partial charge in [0.25, 0.3) is 0 Å². The molecule has 0 saturated heterocycles. The van der Waals surface area contributed by atoms with E-state index >= 15 is 0 Å². The van der Waals surface area contributed by atoms with E-state index in [2.05, 4.69) is 10.1 Å². The molecule has 1 aromatic carbocycles. The summed E-state index contributed by atoms with van der Waals surface area (Å²) < 4.78 is 0. The van der Waals surface area contributed by atoms with E-state index in [1.54, 1.807) is 11.2 Å². The highest BCUT2D eigenvalue weighted by Crippen LogP contribution is 2.29. The summed E-state index contributed by atoms with van der Waals surface area (Å²) in [5, 5.41) is 3.92. The summed E-state index contributed by atoms with van der Waals surface area (Å²) in [5.74, 6) is -0.424. The smallest absolute Gasteiger partial charge is 0.368 e. The summed E-state index contributed by atoms with van der Waals surface area (Å²) in [6.07, 6.45) is 2.12. The number of carbonyl (C=O) groups excluding carboxylic acids is 1. The number of hydrogen-bond donors (Lipinski definition) is 0. The first-order chi connectivity index (χ1) is 9.10. The Morgan fingerprint density at radius 2 is 2.05 bits per heavy atom. The van der Waals surface area contributed by atoms with Crippen molar-refractivity contribution in [3.63, 3.8) is 0 Å². The molecule has 0 saturated carbocycles. The van der Waals surface area contributed by atoms with E-state index in [4.69, 9.17) is 4.84 Å². The molecule has 1 atom stereocenters. The molecule has 2 rings (SSSR count). The van der Waals surface area contributed by atoms with Crippen molar-refractivity contribution in [2.45, 2.75) is 18.9 Å². The lowest BCUT2D eigenvalue weighted by Crippen LogP contribution is -2.41. The van der Waals surface area contributed by atoms with E-state index in [0.717, 1.165) is 5.56 Å². The number of nitrogens with zero attached hydrogens (tertiary/aromatic N) is 3. The lowest BCUT2D eigenvalue weighted by molar-refractivity contribution is -0.144. The van der Waals surface area contributed by atoms with E-state index in [-0.39, 0.29) is 0 Å². The molecular formula is C14H17N3O2. The number of hydrogen-bond acceptors (Lipinski definition) is 4. The topological polar surface area (TPSA) is 54.3 Å². The largest absolute Gasteiger partial charge is 0.369 e. The van der Waals surface area contributed by atoms with Crippen molar-refractivity contribution in [1.82, 2.24) is 4.90 Å². The third-order valence-electron chi connectivity index (χ3n) is 3.02. The number of benzene rings is 1. The van der Waals surface area contributed by atoms with Crippen molar-refractivity contribution in [3.8, 4) is 0 Å². The van der Waals surface area contributed by atoms with E-state index in [1.807, 2.05) is 51.4 Å². The van der Waals surface area contributed by atoms with Crippen molar-refractivity contribution >= 4 is 18.0 Å². The van der Waals surface area contributed by atoms with E-state index in [1.165, 1.54) is 0 Å². The maximum atomic E-state index is 12.1. The predicted octanol–water partition coefficient (Wildman–Crippen LogP) is 1.69. The van der Waals surface area contributed by atoms with Crippen LogP contribution in [-0.4, -0.2) is 42.6 Å². The van der Waals surface area contributed by atoms with Gasteiger partial charge < -0.3 is 9.74 Å². The number of rotatable bonds is 4. The molecule has 0 amide bonds. The standard InChI is InChI=1S/C14H17N3O2/c1-4-14(15-10-17(2)3)12(16-19-13(14)18)11-8-6-5-7-9-11/h5-10H,4H2,1-3H3. The quantitative estimate of drug-likeness (QED) is 0.469. The Morgan fingerprint density at radius 3 is 2.63 bits per heavy atom. The van der Waals surface area contributed by atoms with Gasteiger partial charge in [-0.3, -0.25) is 4.99 Å². The molecule has 1 aliphatic heterocycles. The first-order valence-corrected chi connectivity index (χ1v) is 6.17. The number of oxime groups is 1. The minimum absolute atomic E-state index is 0.424. The first-order valence-electron chi connectivity index (χ1n) is 6.17. The van der Waals surface area contributed by atoms with Gasteiger partial charge >= 0.3 is 5.97 Å². The molecule has 1 aromatic rings. The molecule has 0 aromatic heterocycles. The molecule has 0 N–H and O–H groups in total. The molecular weight excluding hydrogens is 242 g/mol. The monoisotopic (exact) mass is 259 g/mol. The van der Waals surface area contributed by atoms with Crippen LogP contribution in [-0.2, 0) is 9.63 Å².